The third-order valence-electron chi connectivity index (χ3n) is 3.74. The van der Waals surface area contributed by atoms with Crippen LogP contribution in [0, 0.1) is 5.92 Å². The van der Waals surface area contributed by atoms with Gasteiger partial charge in [0, 0.05) is 36.4 Å². The van der Waals surface area contributed by atoms with Gasteiger partial charge in [-0.25, -0.2) is 0 Å². The minimum Gasteiger partial charge on any atom is -0.340 e. The molecule has 26 heavy (non-hydrogen) atoms. The molecule has 0 aromatic carbocycles. The van der Waals surface area contributed by atoms with Crippen LogP contribution >= 0.6 is 0 Å². The molecule has 0 fully saturated rings. The highest BCUT2D eigenvalue weighted by atomic mass is 16.5. The molecule has 3 aromatic heterocycles. The number of hydrogen-bond donors (Lipinski definition) is 1. The fraction of sp³-hybridized carbons (Fsp3) is 0.211. The van der Waals surface area contributed by atoms with Gasteiger partial charge in [-0.3, -0.25) is 14.8 Å². The number of carbonyl (C=O) groups excluding carboxylic acids is 1. The van der Waals surface area contributed by atoms with Crippen molar-refractivity contribution in [2.45, 2.75) is 19.9 Å². The lowest BCUT2D eigenvalue weighted by atomic mass is 10.0. The highest BCUT2D eigenvalue weighted by molar-refractivity contribution is 5.91. The molecule has 0 saturated carbocycles. The molecule has 132 valence electrons. The highest BCUT2D eigenvalue weighted by Crippen LogP contribution is 2.23. The van der Waals surface area contributed by atoms with Gasteiger partial charge in [0.05, 0.1) is 0 Å². The Morgan fingerprint density at radius 1 is 1.08 bits per heavy atom. The van der Waals surface area contributed by atoms with Crippen molar-refractivity contribution in [1.29, 1.82) is 0 Å². The summed E-state index contributed by atoms with van der Waals surface area (Å²) >= 11 is 0. The summed E-state index contributed by atoms with van der Waals surface area (Å²) in [4.78, 5) is 24.6. The van der Waals surface area contributed by atoms with Crippen molar-refractivity contribution in [1.82, 2.24) is 25.4 Å². The lowest BCUT2D eigenvalue weighted by Crippen LogP contribution is -2.30. The van der Waals surface area contributed by atoms with E-state index in [0.717, 1.165) is 11.1 Å². The summed E-state index contributed by atoms with van der Waals surface area (Å²) in [5.41, 5.74) is 1.70. The normalized spacial score (nSPS) is 12.4. The zero-order valence-electron chi connectivity index (χ0n) is 14.5. The maximum absolute atomic E-state index is 12.3. The molecule has 1 unspecified atom stereocenters. The monoisotopic (exact) mass is 349 g/mol. The molecule has 0 spiro atoms. The van der Waals surface area contributed by atoms with Crippen LogP contribution < -0.4 is 5.32 Å². The smallest absolute Gasteiger partial charge is 0.249 e. The predicted molar refractivity (Wildman–Crippen MR) is 96.5 cm³/mol. The van der Waals surface area contributed by atoms with Crippen LogP contribution in [0.2, 0.25) is 0 Å². The molecule has 7 nitrogen and oxygen atoms in total. The van der Waals surface area contributed by atoms with Gasteiger partial charge in [0.2, 0.25) is 17.6 Å². The van der Waals surface area contributed by atoms with Gasteiger partial charge in [-0.2, -0.15) is 4.98 Å². The molecule has 0 aliphatic heterocycles. The molecule has 3 aromatic rings. The third kappa shape index (κ3) is 4.38. The number of nitrogens with zero attached hydrogens (tertiary/aromatic N) is 4. The Balaban J connectivity index is 1.72. The largest absolute Gasteiger partial charge is 0.340 e. The molecular formula is C19H19N5O2. The van der Waals surface area contributed by atoms with E-state index in [1.807, 2.05) is 26.0 Å². The quantitative estimate of drug-likeness (QED) is 0.687. The first-order valence-electron chi connectivity index (χ1n) is 8.26. The first-order chi connectivity index (χ1) is 12.6. The fourth-order valence-electron chi connectivity index (χ4n) is 2.34. The van der Waals surface area contributed by atoms with Gasteiger partial charge in [0.15, 0.2) is 0 Å². The minimum atomic E-state index is -0.382. The minimum absolute atomic E-state index is 0.0824. The van der Waals surface area contributed by atoms with Crippen molar-refractivity contribution in [2.75, 3.05) is 0 Å². The van der Waals surface area contributed by atoms with Crippen molar-refractivity contribution in [3.63, 3.8) is 0 Å². The zero-order chi connectivity index (χ0) is 18.4. The van der Waals surface area contributed by atoms with Gasteiger partial charge < -0.3 is 9.84 Å². The number of pyridine rings is 2. The van der Waals surface area contributed by atoms with Crippen LogP contribution in [0.5, 0.6) is 0 Å². The fourth-order valence-corrected chi connectivity index (χ4v) is 2.34. The average molecular weight is 349 g/mol. The molecule has 3 rings (SSSR count). The van der Waals surface area contributed by atoms with E-state index in [0.29, 0.717) is 11.7 Å². The Hall–Kier alpha value is -3.35. The van der Waals surface area contributed by atoms with Crippen molar-refractivity contribution in [3.8, 4) is 11.4 Å². The summed E-state index contributed by atoms with van der Waals surface area (Å²) in [5.74, 6) is 0.690. The molecule has 0 radical (unpaired) electrons. The third-order valence-corrected chi connectivity index (χ3v) is 3.74. The first-order valence-corrected chi connectivity index (χ1v) is 8.26. The first kappa shape index (κ1) is 17.5. The van der Waals surface area contributed by atoms with E-state index in [-0.39, 0.29) is 17.9 Å². The van der Waals surface area contributed by atoms with E-state index < -0.39 is 0 Å². The molecule has 1 N–H and O–H groups in total. The Morgan fingerprint density at radius 2 is 1.73 bits per heavy atom. The standard InChI is InChI=1S/C19H19N5O2/c1-13(2)17(22-16(25)4-3-14-5-9-20-10-6-14)19-23-18(24-26-19)15-7-11-21-12-8-15/h3-13,17H,1-2H3,(H,22,25)/b4-3+. The van der Waals surface area contributed by atoms with Crippen LogP contribution in [0.1, 0.15) is 31.3 Å². The molecule has 1 atom stereocenters. The van der Waals surface area contributed by atoms with E-state index in [9.17, 15) is 4.79 Å². The summed E-state index contributed by atoms with van der Waals surface area (Å²) in [6.45, 7) is 3.96. The SMILES string of the molecule is CC(C)C(NC(=O)/C=C/c1ccncc1)c1nc(-c2ccncc2)no1. The van der Waals surface area contributed by atoms with Crippen molar-refractivity contribution >= 4 is 12.0 Å². The van der Waals surface area contributed by atoms with E-state index in [1.54, 1.807) is 43.0 Å². The van der Waals surface area contributed by atoms with Crippen molar-refractivity contribution < 1.29 is 9.32 Å². The molecule has 1 amide bonds. The second-order valence-electron chi connectivity index (χ2n) is 6.04. The molecule has 0 bridgehead atoms. The molecular weight excluding hydrogens is 330 g/mol. The van der Waals surface area contributed by atoms with E-state index in [4.69, 9.17) is 4.52 Å². The topological polar surface area (TPSA) is 93.8 Å². The van der Waals surface area contributed by atoms with E-state index in [1.165, 1.54) is 6.08 Å². The molecule has 7 heteroatoms. The van der Waals surface area contributed by atoms with Crippen molar-refractivity contribution in [3.05, 3.63) is 66.6 Å². The highest BCUT2D eigenvalue weighted by Gasteiger charge is 2.24. The molecule has 0 saturated heterocycles. The number of amides is 1. The molecule has 0 aliphatic carbocycles. The molecule has 0 aliphatic rings. The molecule has 3 heterocycles. The number of nitrogens with one attached hydrogen (secondary N) is 1. The summed E-state index contributed by atoms with van der Waals surface area (Å²) in [5, 5.41) is 6.92. The summed E-state index contributed by atoms with van der Waals surface area (Å²) in [7, 11) is 0. The maximum Gasteiger partial charge on any atom is 0.249 e. The van der Waals surface area contributed by atoms with Gasteiger partial charge in [0.25, 0.3) is 0 Å². The number of rotatable bonds is 6. The second-order valence-corrected chi connectivity index (χ2v) is 6.04. The van der Waals surface area contributed by atoms with Crippen LogP contribution in [0.3, 0.4) is 0 Å². The van der Waals surface area contributed by atoms with Crippen LogP contribution in [0.4, 0.5) is 0 Å². The average Bonchev–Trinajstić information content (AvgIpc) is 3.15. The van der Waals surface area contributed by atoms with Gasteiger partial charge in [0.1, 0.15) is 6.04 Å². The Morgan fingerprint density at radius 3 is 2.38 bits per heavy atom. The zero-order valence-corrected chi connectivity index (χ0v) is 14.5. The summed E-state index contributed by atoms with van der Waals surface area (Å²) < 4.78 is 5.38. The van der Waals surface area contributed by atoms with Crippen molar-refractivity contribution in [2.24, 2.45) is 5.92 Å². The Bertz CT molecular complexity index is 875. The second kappa shape index (κ2) is 8.15. The van der Waals surface area contributed by atoms with Gasteiger partial charge >= 0.3 is 0 Å². The summed E-state index contributed by atoms with van der Waals surface area (Å²) in [6, 6.07) is 6.86. The summed E-state index contributed by atoms with van der Waals surface area (Å²) in [6.07, 6.45) is 9.88. The Kier molecular flexibility index (Phi) is 5.48. The van der Waals surface area contributed by atoms with Crippen LogP contribution in [-0.4, -0.2) is 26.0 Å². The maximum atomic E-state index is 12.3. The van der Waals surface area contributed by atoms with Crippen LogP contribution in [0.15, 0.2) is 59.7 Å². The van der Waals surface area contributed by atoms with Gasteiger partial charge in [-0.15, -0.1) is 0 Å². The predicted octanol–water partition coefficient (Wildman–Crippen LogP) is 3.05. The van der Waals surface area contributed by atoms with Crippen LogP contribution in [-0.2, 0) is 4.79 Å². The number of hydrogen-bond acceptors (Lipinski definition) is 6. The Labute approximate surface area is 151 Å². The van der Waals surface area contributed by atoms with Gasteiger partial charge in [-0.05, 0) is 41.8 Å². The van der Waals surface area contributed by atoms with E-state index in [2.05, 4.69) is 25.4 Å². The lowest BCUT2D eigenvalue weighted by molar-refractivity contribution is -0.117. The number of aromatic nitrogens is 4. The number of carbonyl (C=O) groups is 1. The van der Waals surface area contributed by atoms with Gasteiger partial charge in [-0.1, -0.05) is 19.0 Å². The van der Waals surface area contributed by atoms with E-state index >= 15 is 0 Å². The lowest BCUT2D eigenvalue weighted by Gasteiger charge is -2.17. The van der Waals surface area contributed by atoms with Crippen LogP contribution in [0.25, 0.3) is 17.5 Å².